The van der Waals surface area contributed by atoms with E-state index in [1.165, 1.54) is 36.8 Å². The lowest BCUT2D eigenvalue weighted by atomic mass is 9.86. The zero-order chi connectivity index (χ0) is 20.1. The van der Waals surface area contributed by atoms with E-state index in [0.717, 1.165) is 6.42 Å². The third kappa shape index (κ3) is 4.58. The molecule has 0 radical (unpaired) electrons. The van der Waals surface area contributed by atoms with E-state index in [2.05, 4.69) is 16.0 Å². The summed E-state index contributed by atoms with van der Waals surface area (Å²) in [5, 5.41) is 5.14. The number of nitrogens with one attached hydrogen (secondary N) is 2. The van der Waals surface area contributed by atoms with Gasteiger partial charge in [0.25, 0.3) is 11.5 Å². The van der Waals surface area contributed by atoms with Crippen LogP contribution in [-0.4, -0.2) is 21.6 Å². The Morgan fingerprint density at radius 3 is 2.46 bits per heavy atom. The Morgan fingerprint density at radius 2 is 1.79 bits per heavy atom. The number of benzene rings is 1. The zero-order valence-electron chi connectivity index (χ0n) is 16.5. The number of nitrogens with zero attached hydrogens (tertiary/aromatic N) is 2. The maximum Gasteiger partial charge on any atom is 0.290 e. The second kappa shape index (κ2) is 8.99. The van der Waals surface area contributed by atoms with Crippen molar-refractivity contribution in [3.63, 3.8) is 0 Å². The van der Waals surface area contributed by atoms with Gasteiger partial charge >= 0.3 is 0 Å². The first-order valence-electron chi connectivity index (χ1n) is 10.1. The Labute approximate surface area is 164 Å². The molecule has 7 heteroatoms. The number of rotatable bonds is 5. The largest absolute Gasteiger partial charge is 0.290 e. The van der Waals surface area contributed by atoms with Crippen LogP contribution in [0.15, 0.2) is 29.1 Å². The number of hydrazine groups is 1. The lowest BCUT2D eigenvalue weighted by molar-refractivity contribution is -0.122. The van der Waals surface area contributed by atoms with Crippen molar-refractivity contribution in [3.05, 3.63) is 40.3 Å². The highest BCUT2D eigenvalue weighted by molar-refractivity contribution is 6.05. The molecule has 1 aliphatic carbocycles. The summed E-state index contributed by atoms with van der Waals surface area (Å²) in [6.45, 7) is 3.66. The minimum Gasteiger partial charge on any atom is -0.273 e. The highest BCUT2D eigenvalue weighted by Gasteiger charge is 2.19. The predicted molar refractivity (Wildman–Crippen MR) is 108 cm³/mol. The second-order valence-corrected chi connectivity index (χ2v) is 7.78. The first-order valence-corrected chi connectivity index (χ1v) is 10.1. The van der Waals surface area contributed by atoms with Gasteiger partial charge in [-0.25, -0.2) is 4.68 Å². The minimum atomic E-state index is -0.531. The SMILES string of the molecule is CC(C)n1nc(C(=O)NNC(=O)CCC2CCCCC2)c2ccccc2c1=O. The van der Waals surface area contributed by atoms with E-state index in [9.17, 15) is 14.4 Å². The van der Waals surface area contributed by atoms with Gasteiger partial charge in [0.05, 0.1) is 11.4 Å². The molecule has 2 aromatic rings. The third-order valence-electron chi connectivity index (χ3n) is 5.35. The first-order chi connectivity index (χ1) is 13.5. The molecule has 1 aromatic carbocycles. The Kier molecular flexibility index (Phi) is 6.44. The normalized spacial score (nSPS) is 15.0. The Bertz CT molecular complexity index is 913. The van der Waals surface area contributed by atoms with Crippen molar-refractivity contribution in [1.82, 2.24) is 20.6 Å². The Hall–Kier alpha value is -2.70. The van der Waals surface area contributed by atoms with Crippen LogP contribution in [0.5, 0.6) is 0 Å². The second-order valence-electron chi connectivity index (χ2n) is 7.78. The molecule has 3 rings (SSSR count). The zero-order valence-corrected chi connectivity index (χ0v) is 16.5. The van der Waals surface area contributed by atoms with Crippen molar-refractivity contribution >= 4 is 22.6 Å². The lowest BCUT2D eigenvalue weighted by Gasteiger charge is -2.21. The molecule has 2 amide bonds. The molecule has 2 N–H and O–H groups in total. The maximum absolute atomic E-state index is 12.7. The van der Waals surface area contributed by atoms with E-state index in [1.807, 2.05) is 13.8 Å². The molecule has 0 bridgehead atoms. The molecule has 0 spiro atoms. The van der Waals surface area contributed by atoms with Gasteiger partial charge in [0, 0.05) is 11.8 Å². The molecule has 0 unspecified atom stereocenters. The summed E-state index contributed by atoms with van der Waals surface area (Å²) in [6.07, 6.45) is 7.39. The fraction of sp³-hybridized carbons (Fsp3) is 0.524. The molecule has 1 heterocycles. The molecule has 0 saturated heterocycles. The van der Waals surface area contributed by atoms with Crippen molar-refractivity contribution in [2.75, 3.05) is 0 Å². The first kappa shape index (κ1) is 20.0. The van der Waals surface area contributed by atoms with Gasteiger partial charge < -0.3 is 0 Å². The summed E-state index contributed by atoms with van der Waals surface area (Å²) in [4.78, 5) is 37.3. The average Bonchev–Trinajstić information content (AvgIpc) is 2.71. The van der Waals surface area contributed by atoms with Crippen molar-refractivity contribution < 1.29 is 9.59 Å². The molecule has 1 aromatic heterocycles. The van der Waals surface area contributed by atoms with Gasteiger partial charge in [0.2, 0.25) is 5.91 Å². The number of aromatic nitrogens is 2. The van der Waals surface area contributed by atoms with Crippen LogP contribution in [0.3, 0.4) is 0 Å². The Morgan fingerprint density at radius 1 is 1.11 bits per heavy atom. The van der Waals surface area contributed by atoms with Gasteiger partial charge in [-0.3, -0.25) is 25.2 Å². The van der Waals surface area contributed by atoms with Gasteiger partial charge in [-0.1, -0.05) is 50.3 Å². The molecule has 1 saturated carbocycles. The molecule has 1 fully saturated rings. The van der Waals surface area contributed by atoms with E-state index in [-0.39, 0.29) is 23.2 Å². The van der Waals surface area contributed by atoms with Crippen LogP contribution in [0, 0.1) is 5.92 Å². The number of fused-ring (bicyclic) bond motifs is 1. The standard InChI is InChI=1S/C21H28N4O3/c1-14(2)25-21(28)17-11-7-6-10-16(17)19(24-25)20(27)23-22-18(26)13-12-15-8-4-3-5-9-15/h6-7,10-11,14-15H,3-5,8-9,12-13H2,1-2H3,(H,22,26)(H,23,27). The van der Waals surface area contributed by atoms with Crippen LogP contribution in [-0.2, 0) is 4.79 Å². The Balaban J connectivity index is 1.68. The van der Waals surface area contributed by atoms with Gasteiger partial charge in [0.1, 0.15) is 0 Å². The van der Waals surface area contributed by atoms with Crippen molar-refractivity contribution in [1.29, 1.82) is 0 Å². The van der Waals surface area contributed by atoms with Crippen LogP contribution < -0.4 is 16.4 Å². The molecule has 7 nitrogen and oxygen atoms in total. The van der Waals surface area contributed by atoms with Crippen molar-refractivity contribution in [3.8, 4) is 0 Å². The van der Waals surface area contributed by atoms with E-state index in [1.54, 1.807) is 24.3 Å². The number of carbonyl (C=O) groups excluding carboxylic acids is 2. The maximum atomic E-state index is 12.7. The number of hydrogen-bond acceptors (Lipinski definition) is 4. The van der Waals surface area contributed by atoms with Gasteiger partial charge in [-0.15, -0.1) is 0 Å². The summed E-state index contributed by atoms with van der Waals surface area (Å²) in [5.74, 6) is -0.132. The van der Waals surface area contributed by atoms with E-state index >= 15 is 0 Å². The number of carbonyl (C=O) groups is 2. The van der Waals surface area contributed by atoms with Gasteiger partial charge in [-0.05, 0) is 32.3 Å². The lowest BCUT2D eigenvalue weighted by Crippen LogP contribution is -2.43. The summed E-state index contributed by atoms with van der Waals surface area (Å²) in [5.41, 5.74) is 4.81. The fourth-order valence-corrected chi connectivity index (χ4v) is 3.78. The summed E-state index contributed by atoms with van der Waals surface area (Å²) in [6, 6.07) is 6.69. The van der Waals surface area contributed by atoms with Crippen LogP contribution in [0.25, 0.3) is 10.8 Å². The molecule has 28 heavy (non-hydrogen) atoms. The van der Waals surface area contributed by atoms with E-state index < -0.39 is 5.91 Å². The number of hydrogen-bond donors (Lipinski definition) is 2. The van der Waals surface area contributed by atoms with Crippen LogP contribution >= 0.6 is 0 Å². The highest BCUT2D eigenvalue weighted by Crippen LogP contribution is 2.27. The van der Waals surface area contributed by atoms with E-state index in [0.29, 0.717) is 23.1 Å². The van der Waals surface area contributed by atoms with Crippen LogP contribution in [0.4, 0.5) is 0 Å². The molecule has 150 valence electrons. The van der Waals surface area contributed by atoms with Gasteiger partial charge in [0.15, 0.2) is 5.69 Å². The third-order valence-corrected chi connectivity index (χ3v) is 5.35. The van der Waals surface area contributed by atoms with Crippen LogP contribution in [0.1, 0.15) is 75.3 Å². The monoisotopic (exact) mass is 384 g/mol. The average molecular weight is 384 g/mol. The van der Waals surface area contributed by atoms with Crippen LogP contribution in [0.2, 0.25) is 0 Å². The number of amides is 2. The fourth-order valence-electron chi connectivity index (χ4n) is 3.78. The quantitative estimate of drug-likeness (QED) is 0.775. The summed E-state index contributed by atoms with van der Waals surface area (Å²) in [7, 11) is 0. The smallest absolute Gasteiger partial charge is 0.273 e. The predicted octanol–water partition coefficient (Wildman–Crippen LogP) is 3.10. The molecule has 0 atom stereocenters. The molecule has 1 aliphatic rings. The van der Waals surface area contributed by atoms with E-state index in [4.69, 9.17) is 0 Å². The van der Waals surface area contributed by atoms with Gasteiger partial charge in [-0.2, -0.15) is 5.10 Å². The van der Waals surface area contributed by atoms with Crippen molar-refractivity contribution in [2.45, 2.75) is 64.8 Å². The molecular formula is C21H28N4O3. The topological polar surface area (TPSA) is 93.1 Å². The minimum absolute atomic E-state index is 0.122. The summed E-state index contributed by atoms with van der Waals surface area (Å²) < 4.78 is 1.29. The molecule has 0 aliphatic heterocycles. The van der Waals surface area contributed by atoms with Crippen molar-refractivity contribution in [2.24, 2.45) is 5.92 Å². The highest BCUT2D eigenvalue weighted by atomic mass is 16.2. The molecular weight excluding hydrogens is 356 g/mol. The summed E-state index contributed by atoms with van der Waals surface area (Å²) >= 11 is 0.